The summed E-state index contributed by atoms with van der Waals surface area (Å²) in [4.78, 5) is 23.4. The number of likely N-dealkylation sites (N-methyl/N-ethyl adjacent to an activating group) is 1. The molecule has 25 heavy (non-hydrogen) atoms. The number of amides is 2. The third-order valence-corrected chi connectivity index (χ3v) is 3.96. The van der Waals surface area contributed by atoms with Gasteiger partial charge in [0.05, 0.1) is 32.3 Å². The number of benzene rings is 1. The van der Waals surface area contributed by atoms with E-state index in [0.717, 1.165) is 17.7 Å². The van der Waals surface area contributed by atoms with Gasteiger partial charge in [-0.1, -0.05) is 19.9 Å². The van der Waals surface area contributed by atoms with E-state index in [1.165, 1.54) is 0 Å². The van der Waals surface area contributed by atoms with Gasteiger partial charge in [0, 0.05) is 13.5 Å². The molecule has 1 aliphatic rings. The highest BCUT2D eigenvalue weighted by Crippen LogP contribution is 2.34. The molecule has 1 aromatic rings. The lowest BCUT2D eigenvalue weighted by Gasteiger charge is -2.24. The Morgan fingerprint density at radius 3 is 2.44 bits per heavy atom. The van der Waals surface area contributed by atoms with E-state index in [4.69, 9.17) is 9.47 Å². The summed E-state index contributed by atoms with van der Waals surface area (Å²) >= 11 is 0. The van der Waals surface area contributed by atoms with E-state index >= 15 is 0 Å². The molecule has 3 N–H and O–H groups in total. The van der Waals surface area contributed by atoms with Gasteiger partial charge in [0.25, 0.3) is 0 Å². The Hall–Kier alpha value is -2.28. The Morgan fingerprint density at radius 1 is 1.08 bits per heavy atom. The first-order valence-corrected chi connectivity index (χ1v) is 8.61. The van der Waals surface area contributed by atoms with E-state index in [1.54, 1.807) is 7.05 Å². The number of hydrogen-bond acceptors (Lipinski definition) is 5. The van der Waals surface area contributed by atoms with Crippen LogP contribution in [0.4, 0.5) is 0 Å². The van der Waals surface area contributed by atoms with E-state index in [0.29, 0.717) is 19.0 Å². The Kier molecular flexibility index (Phi) is 7.06. The van der Waals surface area contributed by atoms with Gasteiger partial charge >= 0.3 is 0 Å². The monoisotopic (exact) mass is 349 g/mol. The molecule has 0 spiro atoms. The van der Waals surface area contributed by atoms with Crippen molar-refractivity contribution in [1.82, 2.24) is 16.0 Å². The van der Waals surface area contributed by atoms with Crippen LogP contribution in [0, 0.1) is 5.92 Å². The molecular formula is C18H27N3O4. The Labute approximate surface area is 148 Å². The van der Waals surface area contributed by atoms with Crippen LogP contribution in [0.5, 0.6) is 11.5 Å². The minimum Gasteiger partial charge on any atom is -0.490 e. The van der Waals surface area contributed by atoms with Crippen molar-refractivity contribution in [2.24, 2.45) is 5.92 Å². The van der Waals surface area contributed by atoms with Crippen molar-refractivity contribution in [2.75, 3.05) is 33.4 Å². The summed E-state index contributed by atoms with van der Waals surface area (Å²) in [5, 5.41) is 8.34. The van der Waals surface area contributed by atoms with Crippen LogP contribution in [0.15, 0.2) is 18.2 Å². The molecule has 0 aliphatic carbocycles. The lowest BCUT2D eigenvalue weighted by molar-refractivity contribution is -0.121. The number of carbonyl (C=O) groups is 2. The second-order valence-corrected chi connectivity index (χ2v) is 6.32. The van der Waals surface area contributed by atoms with Gasteiger partial charge < -0.3 is 20.1 Å². The van der Waals surface area contributed by atoms with Crippen molar-refractivity contribution in [3.63, 3.8) is 0 Å². The fourth-order valence-corrected chi connectivity index (χ4v) is 2.61. The average Bonchev–Trinajstić information content (AvgIpc) is 2.83. The second kappa shape index (κ2) is 9.27. The van der Waals surface area contributed by atoms with Crippen molar-refractivity contribution in [1.29, 1.82) is 0 Å². The third-order valence-electron chi connectivity index (χ3n) is 3.96. The molecule has 7 nitrogen and oxygen atoms in total. The van der Waals surface area contributed by atoms with Gasteiger partial charge in [-0.2, -0.15) is 0 Å². The van der Waals surface area contributed by atoms with Gasteiger partial charge in [0.1, 0.15) is 0 Å². The summed E-state index contributed by atoms with van der Waals surface area (Å²) in [6, 6.07) is 5.63. The summed E-state index contributed by atoms with van der Waals surface area (Å²) in [7, 11) is 1.56. The largest absolute Gasteiger partial charge is 0.490 e. The number of rotatable bonds is 7. The topological polar surface area (TPSA) is 88.7 Å². The smallest absolute Gasteiger partial charge is 0.234 e. The fraction of sp³-hybridized carbons (Fsp3) is 0.556. The van der Waals surface area contributed by atoms with E-state index in [-0.39, 0.29) is 36.9 Å². The molecule has 0 unspecified atom stereocenters. The zero-order valence-corrected chi connectivity index (χ0v) is 15.1. The number of hydrogen-bond donors (Lipinski definition) is 3. The summed E-state index contributed by atoms with van der Waals surface area (Å²) in [5.74, 6) is 1.34. The lowest BCUT2D eigenvalue weighted by Crippen LogP contribution is -2.41. The quantitative estimate of drug-likeness (QED) is 0.683. The number of nitrogens with one attached hydrogen (secondary N) is 3. The zero-order valence-electron chi connectivity index (χ0n) is 15.1. The molecule has 2 rings (SSSR count). The van der Waals surface area contributed by atoms with E-state index in [9.17, 15) is 9.59 Å². The highest BCUT2D eigenvalue weighted by atomic mass is 16.5. The molecule has 1 heterocycles. The molecule has 1 atom stereocenters. The van der Waals surface area contributed by atoms with Gasteiger partial charge in [-0.3, -0.25) is 14.9 Å². The average molecular weight is 349 g/mol. The molecule has 0 aromatic heterocycles. The number of ether oxygens (including phenoxy) is 2. The summed E-state index contributed by atoms with van der Waals surface area (Å²) < 4.78 is 11.4. The van der Waals surface area contributed by atoms with E-state index in [2.05, 4.69) is 16.0 Å². The first-order valence-electron chi connectivity index (χ1n) is 8.61. The zero-order chi connectivity index (χ0) is 18.2. The Morgan fingerprint density at radius 2 is 1.76 bits per heavy atom. The van der Waals surface area contributed by atoms with Crippen LogP contribution in [-0.2, 0) is 9.59 Å². The van der Waals surface area contributed by atoms with E-state index < -0.39 is 0 Å². The highest BCUT2D eigenvalue weighted by Gasteiger charge is 2.21. The standard InChI is InChI=1S/C18H27N3O4/c1-12(2)18(21-17(23)11-20-10-16(22)19-3)13-5-6-14-15(9-13)25-8-4-7-24-14/h5-6,9,12,18,20H,4,7-8,10-11H2,1-3H3,(H,19,22)(H,21,23)/t18-/m1/s1. The predicted octanol–water partition coefficient (Wildman–Crippen LogP) is 0.997. The molecule has 0 fully saturated rings. The van der Waals surface area contributed by atoms with Crippen molar-refractivity contribution < 1.29 is 19.1 Å². The van der Waals surface area contributed by atoms with Gasteiger partial charge in [-0.15, -0.1) is 0 Å². The van der Waals surface area contributed by atoms with Crippen LogP contribution in [0.1, 0.15) is 31.9 Å². The van der Waals surface area contributed by atoms with Crippen molar-refractivity contribution in [2.45, 2.75) is 26.3 Å². The molecule has 1 aliphatic heterocycles. The maximum atomic E-state index is 12.2. The molecule has 7 heteroatoms. The summed E-state index contributed by atoms with van der Waals surface area (Å²) in [6.07, 6.45) is 0.853. The fourth-order valence-electron chi connectivity index (χ4n) is 2.61. The van der Waals surface area contributed by atoms with Crippen LogP contribution in [0.2, 0.25) is 0 Å². The van der Waals surface area contributed by atoms with Crippen LogP contribution in [0.3, 0.4) is 0 Å². The Bertz CT molecular complexity index is 604. The van der Waals surface area contributed by atoms with Gasteiger partial charge in [0.2, 0.25) is 11.8 Å². The number of carbonyl (C=O) groups excluding carboxylic acids is 2. The predicted molar refractivity (Wildman–Crippen MR) is 94.7 cm³/mol. The van der Waals surface area contributed by atoms with Gasteiger partial charge in [0.15, 0.2) is 11.5 Å². The SMILES string of the molecule is CNC(=O)CNCC(=O)N[C@@H](c1ccc2c(c1)OCCCO2)C(C)C. The first kappa shape index (κ1) is 19.1. The highest BCUT2D eigenvalue weighted by molar-refractivity contribution is 5.81. The molecule has 2 amide bonds. The van der Waals surface area contributed by atoms with E-state index in [1.807, 2.05) is 32.0 Å². The molecule has 0 radical (unpaired) electrons. The van der Waals surface area contributed by atoms with Gasteiger partial charge in [-0.05, 0) is 23.6 Å². The Balaban J connectivity index is 2.01. The third kappa shape index (κ3) is 5.63. The molecule has 138 valence electrons. The minimum absolute atomic E-state index is 0.0845. The normalized spacial score (nSPS) is 14.6. The maximum absolute atomic E-state index is 12.2. The van der Waals surface area contributed by atoms with Gasteiger partial charge in [-0.25, -0.2) is 0 Å². The molecular weight excluding hydrogens is 322 g/mol. The first-order chi connectivity index (χ1) is 12.0. The molecule has 0 bridgehead atoms. The second-order valence-electron chi connectivity index (χ2n) is 6.32. The molecule has 0 saturated carbocycles. The van der Waals surface area contributed by atoms with Crippen LogP contribution in [-0.4, -0.2) is 45.2 Å². The maximum Gasteiger partial charge on any atom is 0.234 e. The van der Waals surface area contributed by atoms with Crippen molar-refractivity contribution in [3.8, 4) is 11.5 Å². The number of fused-ring (bicyclic) bond motifs is 1. The summed E-state index contributed by atoms with van der Waals surface area (Å²) in [6.45, 7) is 5.56. The van der Waals surface area contributed by atoms with Crippen molar-refractivity contribution in [3.05, 3.63) is 23.8 Å². The van der Waals surface area contributed by atoms with Crippen LogP contribution < -0.4 is 25.4 Å². The van der Waals surface area contributed by atoms with Crippen LogP contribution >= 0.6 is 0 Å². The minimum atomic E-state index is -0.158. The van der Waals surface area contributed by atoms with Crippen molar-refractivity contribution >= 4 is 11.8 Å². The lowest BCUT2D eigenvalue weighted by atomic mass is 9.95. The van der Waals surface area contributed by atoms with Crippen LogP contribution in [0.25, 0.3) is 0 Å². The summed E-state index contributed by atoms with van der Waals surface area (Å²) in [5.41, 5.74) is 0.971. The molecule has 1 aromatic carbocycles. The molecule has 0 saturated heterocycles.